The number of H-pyrrole nitrogens is 1. The average molecular weight is 322 g/mol. The standard InChI is InChI=1S/C16H26N4OS/c1-12-15(13(2)18-17-12)3-4-16(21)20-8-6-19(7-9-20)14-5-10-22-11-14/h14H,3-11H2,1-2H3,(H,17,18). The minimum absolute atomic E-state index is 0.292. The van der Waals surface area contributed by atoms with Gasteiger partial charge in [-0.05, 0) is 38.0 Å². The normalized spacial score (nSPS) is 23.2. The third-order valence-corrected chi connectivity index (χ3v) is 6.10. The lowest BCUT2D eigenvalue weighted by Gasteiger charge is -2.37. The number of piperazine rings is 1. The van der Waals surface area contributed by atoms with E-state index in [9.17, 15) is 4.79 Å². The van der Waals surface area contributed by atoms with Crippen molar-refractivity contribution in [3.63, 3.8) is 0 Å². The van der Waals surface area contributed by atoms with E-state index in [1.54, 1.807) is 0 Å². The Hall–Kier alpha value is -1.01. The molecule has 122 valence electrons. The van der Waals surface area contributed by atoms with E-state index in [2.05, 4.69) is 26.9 Å². The Labute approximate surface area is 136 Å². The van der Waals surface area contributed by atoms with Gasteiger partial charge in [-0.15, -0.1) is 0 Å². The fourth-order valence-electron chi connectivity index (χ4n) is 3.48. The summed E-state index contributed by atoms with van der Waals surface area (Å²) in [6.07, 6.45) is 2.71. The highest BCUT2D eigenvalue weighted by atomic mass is 32.2. The van der Waals surface area contributed by atoms with Crippen LogP contribution in [0.4, 0.5) is 0 Å². The van der Waals surface area contributed by atoms with E-state index in [1.165, 1.54) is 23.5 Å². The second-order valence-electron chi connectivity index (χ2n) is 6.35. The maximum Gasteiger partial charge on any atom is 0.222 e. The van der Waals surface area contributed by atoms with E-state index in [1.807, 2.05) is 18.7 Å². The molecule has 0 aliphatic carbocycles. The van der Waals surface area contributed by atoms with Crippen LogP contribution in [0.1, 0.15) is 29.8 Å². The first-order chi connectivity index (χ1) is 10.6. The van der Waals surface area contributed by atoms with E-state index >= 15 is 0 Å². The molecule has 1 atom stereocenters. The molecule has 1 N–H and O–H groups in total. The second-order valence-corrected chi connectivity index (χ2v) is 7.50. The summed E-state index contributed by atoms with van der Waals surface area (Å²) in [7, 11) is 0. The Morgan fingerprint density at radius 3 is 2.68 bits per heavy atom. The highest BCUT2D eigenvalue weighted by Gasteiger charge is 2.28. The first-order valence-corrected chi connectivity index (χ1v) is 9.40. The summed E-state index contributed by atoms with van der Waals surface area (Å²) in [5.41, 5.74) is 3.32. The number of amides is 1. The Balaban J connectivity index is 1.45. The van der Waals surface area contributed by atoms with Crippen molar-refractivity contribution in [2.75, 3.05) is 37.7 Å². The molecule has 0 radical (unpaired) electrons. The minimum atomic E-state index is 0.292. The number of carbonyl (C=O) groups excluding carboxylic acids is 1. The van der Waals surface area contributed by atoms with Crippen LogP contribution < -0.4 is 0 Å². The van der Waals surface area contributed by atoms with Crippen molar-refractivity contribution in [3.05, 3.63) is 17.0 Å². The molecule has 2 aliphatic heterocycles. The van der Waals surface area contributed by atoms with Crippen molar-refractivity contribution in [2.45, 2.75) is 39.2 Å². The van der Waals surface area contributed by atoms with Crippen molar-refractivity contribution in [1.82, 2.24) is 20.0 Å². The lowest BCUT2D eigenvalue weighted by molar-refractivity contribution is -0.133. The Morgan fingerprint density at radius 2 is 2.09 bits per heavy atom. The Morgan fingerprint density at radius 1 is 1.32 bits per heavy atom. The van der Waals surface area contributed by atoms with Gasteiger partial charge >= 0.3 is 0 Å². The number of nitrogens with zero attached hydrogens (tertiary/aromatic N) is 3. The topological polar surface area (TPSA) is 52.2 Å². The molecular weight excluding hydrogens is 296 g/mol. The summed E-state index contributed by atoms with van der Waals surface area (Å²) in [5, 5.41) is 7.20. The van der Waals surface area contributed by atoms with Gasteiger partial charge in [0, 0.05) is 50.1 Å². The fraction of sp³-hybridized carbons (Fsp3) is 0.750. The molecule has 1 aromatic heterocycles. The quantitative estimate of drug-likeness (QED) is 0.915. The zero-order valence-electron chi connectivity index (χ0n) is 13.6. The smallest absolute Gasteiger partial charge is 0.222 e. The van der Waals surface area contributed by atoms with Crippen molar-refractivity contribution in [1.29, 1.82) is 0 Å². The van der Waals surface area contributed by atoms with Crippen LogP contribution in [0.2, 0.25) is 0 Å². The zero-order chi connectivity index (χ0) is 15.5. The van der Waals surface area contributed by atoms with E-state index in [0.29, 0.717) is 12.3 Å². The molecule has 3 rings (SSSR count). The molecule has 1 unspecified atom stereocenters. The summed E-state index contributed by atoms with van der Waals surface area (Å²) in [5.74, 6) is 2.86. The summed E-state index contributed by atoms with van der Waals surface area (Å²) < 4.78 is 0. The number of hydrogen-bond acceptors (Lipinski definition) is 4. The van der Waals surface area contributed by atoms with E-state index in [0.717, 1.165) is 50.0 Å². The van der Waals surface area contributed by atoms with Gasteiger partial charge < -0.3 is 4.90 Å². The summed E-state index contributed by atoms with van der Waals surface area (Å²) in [6.45, 7) is 7.90. The van der Waals surface area contributed by atoms with Crippen LogP contribution in [0.3, 0.4) is 0 Å². The van der Waals surface area contributed by atoms with E-state index in [4.69, 9.17) is 0 Å². The number of thioether (sulfide) groups is 1. The van der Waals surface area contributed by atoms with Crippen molar-refractivity contribution in [2.24, 2.45) is 0 Å². The highest BCUT2D eigenvalue weighted by molar-refractivity contribution is 7.99. The van der Waals surface area contributed by atoms with E-state index < -0.39 is 0 Å². The number of carbonyl (C=O) groups is 1. The Kier molecular flexibility index (Phi) is 5.08. The third kappa shape index (κ3) is 3.49. The molecule has 5 nitrogen and oxygen atoms in total. The predicted molar refractivity (Wildman–Crippen MR) is 90.3 cm³/mol. The average Bonchev–Trinajstić information content (AvgIpc) is 3.17. The maximum atomic E-state index is 12.4. The summed E-state index contributed by atoms with van der Waals surface area (Å²) in [6, 6.07) is 0.749. The van der Waals surface area contributed by atoms with Crippen LogP contribution in [0.15, 0.2) is 0 Å². The molecule has 0 aromatic carbocycles. The molecule has 0 bridgehead atoms. The van der Waals surface area contributed by atoms with Gasteiger partial charge in [-0.3, -0.25) is 14.8 Å². The van der Waals surface area contributed by atoms with Gasteiger partial charge in [0.2, 0.25) is 5.91 Å². The van der Waals surface area contributed by atoms with Crippen molar-refractivity contribution < 1.29 is 4.79 Å². The molecular formula is C16H26N4OS. The van der Waals surface area contributed by atoms with Crippen LogP contribution in [0, 0.1) is 13.8 Å². The number of aromatic nitrogens is 2. The number of aromatic amines is 1. The molecule has 2 saturated heterocycles. The largest absolute Gasteiger partial charge is 0.340 e. The molecule has 2 fully saturated rings. The lowest BCUT2D eigenvalue weighted by Crippen LogP contribution is -2.52. The van der Waals surface area contributed by atoms with Crippen LogP contribution in [-0.2, 0) is 11.2 Å². The zero-order valence-corrected chi connectivity index (χ0v) is 14.4. The summed E-state index contributed by atoms with van der Waals surface area (Å²) >= 11 is 2.06. The molecule has 0 saturated carbocycles. The number of rotatable bonds is 4. The number of hydrogen-bond donors (Lipinski definition) is 1. The molecule has 1 amide bonds. The fourth-order valence-corrected chi connectivity index (χ4v) is 4.73. The van der Waals surface area contributed by atoms with Crippen molar-refractivity contribution >= 4 is 17.7 Å². The van der Waals surface area contributed by atoms with Crippen molar-refractivity contribution in [3.8, 4) is 0 Å². The van der Waals surface area contributed by atoms with Gasteiger partial charge in [-0.2, -0.15) is 16.9 Å². The predicted octanol–water partition coefficient (Wildman–Crippen LogP) is 1.61. The molecule has 22 heavy (non-hydrogen) atoms. The third-order valence-electron chi connectivity index (χ3n) is 4.96. The number of aryl methyl sites for hydroxylation is 2. The second kappa shape index (κ2) is 7.04. The lowest BCUT2D eigenvalue weighted by atomic mass is 10.1. The van der Waals surface area contributed by atoms with Gasteiger partial charge in [0.1, 0.15) is 0 Å². The van der Waals surface area contributed by atoms with Gasteiger partial charge in [-0.1, -0.05) is 0 Å². The molecule has 2 aliphatic rings. The van der Waals surface area contributed by atoms with Crippen LogP contribution in [0.5, 0.6) is 0 Å². The first kappa shape index (κ1) is 15.9. The van der Waals surface area contributed by atoms with Crippen LogP contribution in [0.25, 0.3) is 0 Å². The van der Waals surface area contributed by atoms with Gasteiger partial charge in [-0.25, -0.2) is 0 Å². The highest BCUT2D eigenvalue weighted by Crippen LogP contribution is 2.23. The van der Waals surface area contributed by atoms with Gasteiger partial charge in [0.05, 0.1) is 5.69 Å². The maximum absolute atomic E-state index is 12.4. The molecule has 1 aromatic rings. The molecule has 3 heterocycles. The van der Waals surface area contributed by atoms with E-state index in [-0.39, 0.29) is 0 Å². The monoisotopic (exact) mass is 322 g/mol. The van der Waals surface area contributed by atoms with Crippen LogP contribution in [-0.4, -0.2) is 69.6 Å². The molecule has 6 heteroatoms. The first-order valence-electron chi connectivity index (χ1n) is 8.25. The molecule has 0 spiro atoms. The summed E-state index contributed by atoms with van der Waals surface area (Å²) in [4.78, 5) is 17.0. The van der Waals surface area contributed by atoms with Gasteiger partial charge in [0.25, 0.3) is 0 Å². The van der Waals surface area contributed by atoms with Crippen LogP contribution >= 0.6 is 11.8 Å². The SMILES string of the molecule is Cc1n[nH]c(C)c1CCC(=O)N1CCN(C2CCSC2)CC1. The Bertz CT molecular complexity index is 497. The van der Waals surface area contributed by atoms with Gasteiger partial charge in [0.15, 0.2) is 0 Å². The number of nitrogens with one attached hydrogen (secondary N) is 1. The minimum Gasteiger partial charge on any atom is -0.340 e.